The third-order valence-electron chi connectivity index (χ3n) is 4.27. The van der Waals surface area contributed by atoms with Crippen molar-refractivity contribution in [2.45, 2.75) is 38.7 Å². The summed E-state index contributed by atoms with van der Waals surface area (Å²) in [7, 11) is 0. The quantitative estimate of drug-likeness (QED) is 0.289. The van der Waals surface area contributed by atoms with E-state index in [4.69, 9.17) is 10.9 Å². The zero-order chi connectivity index (χ0) is 13.3. The highest BCUT2D eigenvalue weighted by atomic mass is 16.4. The molecular formula is C12H21N3O3. The van der Waals surface area contributed by atoms with E-state index in [1.165, 1.54) is 0 Å². The van der Waals surface area contributed by atoms with Crippen LogP contribution in [0.2, 0.25) is 0 Å². The summed E-state index contributed by atoms with van der Waals surface area (Å²) in [6, 6.07) is 0. The molecule has 1 amide bonds. The summed E-state index contributed by atoms with van der Waals surface area (Å²) in [5.41, 5.74) is 4.87. The van der Waals surface area contributed by atoms with Crippen molar-refractivity contribution in [2.75, 3.05) is 13.1 Å². The molecule has 0 aromatic carbocycles. The van der Waals surface area contributed by atoms with Crippen molar-refractivity contribution in [1.82, 2.24) is 4.90 Å². The van der Waals surface area contributed by atoms with Gasteiger partial charge in [-0.1, -0.05) is 5.16 Å². The number of hydrogen-bond donors (Lipinski definition) is 3. The number of oxime groups is 1. The highest BCUT2D eigenvalue weighted by Crippen LogP contribution is 2.47. The summed E-state index contributed by atoms with van der Waals surface area (Å²) < 4.78 is 0. The third kappa shape index (κ3) is 2.16. The van der Waals surface area contributed by atoms with Crippen molar-refractivity contribution in [3.05, 3.63) is 0 Å². The van der Waals surface area contributed by atoms with Crippen LogP contribution in [0.15, 0.2) is 5.16 Å². The molecule has 0 radical (unpaired) electrons. The second kappa shape index (κ2) is 4.76. The van der Waals surface area contributed by atoms with E-state index in [0.717, 1.165) is 12.8 Å². The molecule has 1 heterocycles. The number of amidine groups is 1. The normalized spacial score (nSPS) is 25.9. The first-order chi connectivity index (χ1) is 8.51. The van der Waals surface area contributed by atoms with Crippen LogP contribution < -0.4 is 5.73 Å². The molecule has 2 rings (SSSR count). The minimum atomic E-state index is -0.744. The molecule has 1 aliphatic carbocycles. The Bertz CT molecular complexity index is 356. The van der Waals surface area contributed by atoms with E-state index < -0.39 is 5.41 Å². The maximum atomic E-state index is 12.4. The van der Waals surface area contributed by atoms with Crippen LogP contribution in [0.1, 0.15) is 32.6 Å². The maximum absolute atomic E-state index is 12.4. The Morgan fingerprint density at radius 2 is 2.00 bits per heavy atom. The van der Waals surface area contributed by atoms with Gasteiger partial charge in [-0.05, 0) is 38.5 Å². The number of aliphatic hydroxyl groups is 1. The monoisotopic (exact) mass is 255 g/mol. The lowest BCUT2D eigenvalue weighted by molar-refractivity contribution is -0.136. The summed E-state index contributed by atoms with van der Waals surface area (Å²) in [6.07, 6.45) is 2.64. The molecule has 2 aliphatic rings. The van der Waals surface area contributed by atoms with Gasteiger partial charge in [0.05, 0.1) is 6.10 Å². The van der Waals surface area contributed by atoms with Crippen molar-refractivity contribution in [3.63, 3.8) is 0 Å². The number of amides is 1. The van der Waals surface area contributed by atoms with Crippen LogP contribution in [0.3, 0.4) is 0 Å². The first-order valence-electron chi connectivity index (χ1n) is 6.46. The smallest absolute Gasteiger partial charge is 0.236 e. The van der Waals surface area contributed by atoms with Crippen molar-refractivity contribution in [1.29, 1.82) is 0 Å². The van der Waals surface area contributed by atoms with Gasteiger partial charge in [-0.15, -0.1) is 0 Å². The predicted octanol–water partition coefficient (Wildman–Crippen LogP) is 0.132. The number of carbonyl (C=O) groups is 1. The third-order valence-corrected chi connectivity index (χ3v) is 4.27. The lowest BCUT2D eigenvalue weighted by Crippen LogP contribution is -2.47. The van der Waals surface area contributed by atoms with Crippen molar-refractivity contribution >= 4 is 11.7 Å². The Morgan fingerprint density at radius 3 is 2.39 bits per heavy atom. The molecular weight excluding hydrogens is 234 g/mol. The van der Waals surface area contributed by atoms with E-state index in [2.05, 4.69) is 5.16 Å². The molecule has 18 heavy (non-hydrogen) atoms. The van der Waals surface area contributed by atoms with E-state index in [1.807, 2.05) is 0 Å². The van der Waals surface area contributed by atoms with E-state index in [1.54, 1.807) is 11.8 Å². The van der Waals surface area contributed by atoms with Gasteiger partial charge < -0.3 is 20.9 Å². The number of piperidine rings is 1. The average molecular weight is 255 g/mol. The molecule has 1 saturated heterocycles. The summed E-state index contributed by atoms with van der Waals surface area (Å²) in [6.45, 7) is 3.09. The highest BCUT2D eigenvalue weighted by molar-refractivity contribution is 6.09. The van der Waals surface area contributed by atoms with Crippen molar-refractivity contribution < 1.29 is 15.1 Å². The first kappa shape index (κ1) is 13.1. The predicted molar refractivity (Wildman–Crippen MR) is 66.1 cm³/mol. The number of rotatable bonds is 3. The molecule has 0 spiro atoms. The van der Waals surface area contributed by atoms with Gasteiger partial charge in [-0.25, -0.2) is 0 Å². The van der Waals surface area contributed by atoms with Crippen molar-refractivity contribution in [2.24, 2.45) is 22.2 Å². The Kier molecular flexibility index (Phi) is 3.47. The lowest BCUT2D eigenvalue weighted by atomic mass is 9.91. The van der Waals surface area contributed by atoms with Crippen molar-refractivity contribution in [3.8, 4) is 0 Å². The average Bonchev–Trinajstić information content (AvgIpc) is 3.18. The van der Waals surface area contributed by atoms with Crippen LogP contribution in [-0.2, 0) is 4.79 Å². The number of nitrogens with two attached hydrogens (primary N) is 1. The van der Waals surface area contributed by atoms with Gasteiger partial charge in [0, 0.05) is 13.1 Å². The molecule has 1 atom stereocenters. The number of carbonyl (C=O) groups excluding carboxylic acids is 1. The van der Waals surface area contributed by atoms with E-state index in [9.17, 15) is 9.90 Å². The molecule has 2 fully saturated rings. The fraction of sp³-hybridized carbons (Fsp3) is 0.833. The zero-order valence-electron chi connectivity index (χ0n) is 10.7. The fourth-order valence-corrected chi connectivity index (χ4v) is 2.69. The number of hydrogen-bond acceptors (Lipinski definition) is 4. The van der Waals surface area contributed by atoms with Gasteiger partial charge in [0.15, 0.2) is 5.84 Å². The molecule has 1 aliphatic heterocycles. The van der Waals surface area contributed by atoms with Gasteiger partial charge in [0.2, 0.25) is 5.91 Å². The molecule has 0 aromatic heterocycles. The zero-order valence-corrected chi connectivity index (χ0v) is 10.7. The van der Waals surface area contributed by atoms with Gasteiger partial charge in [0.25, 0.3) is 0 Å². The van der Waals surface area contributed by atoms with Crippen LogP contribution in [0, 0.1) is 11.3 Å². The van der Waals surface area contributed by atoms with Crippen LogP contribution >= 0.6 is 0 Å². The topological polar surface area (TPSA) is 99.2 Å². The van der Waals surface area contributed by atoms with Gasteiger partial charge in [0.1, 0.15) is 5.41 Å². The minimum Gasteiger partial charge on any atom is -0.409 e. The molecule has 1 saturated carbocycles. The van der Waals surface area contributed by atoms with E-state index in [0.29, 0.717) is 25.9 Å². The fourth-order valence-electron chi connectivity index (χ4n) is 2.69. The van der Waals surface area contributed by atoms with Crippen LogP contribution in [0.4, 0.5) is 0 Å². The highest BCUT2D eigenvalue weighted by Gasteiger charge is 2.56. The molecule has 4 N–H and O–H groups in total. The molecule has 102 valence electrons. The number of likely N-dealkylation sites (tertiary alicyclic amines) is 1. The second-order valence-electron chi connectivity index (χ2n) is 5.44. The Labute approximate surface area is 106 Å². The molecule has 1 unspecified atom stereocenters. The summed E-state index contributed by atoms with van der Waals surface area (Å²) >= 11 is 0. The summed E-state index contributed by atoms with van der Waals surface area (Å²) in [4.78, 5) is 14.1. The lowest BCUT2D eigenvalue weighted by Gasteiger charge is -2.35. The number of nitrogens with zero attached hydrogens (tertiary/aromatic N) is 2. The van der Waals surface area contributed by atoms with Crippen LogP contribution in [0.5, 0.6) is 0 Å². The standard InChI is InChI=1S/C12H21N3O3/c1-8(16)9-2-6-15(7-3-9)11(17)12(4-5-12)10(13)14-18/h8-9,16,18H,2-7H2,1H3,(H2,13,14). The molecule has 0 aromatic rings. The van der Waals surface area contributed by atoms with E-state index >= 15 is 0 Å². The Balaban J connectivity index is 1.96. The second-order valence-corrected chi connectivity index (χ2v) is 5.44. The Morgan fingerprint density at radius 1 is 1.44 bits per heavy atom. The van der Waals surface area contributed by atoms with Gasteiger partial charge >= 0.3 is 0 Å². The number of aliphatic hydroxyl groups excluding tert-OH is 1. The largest absolute Gasteiger partial charge is 0.409 e. The maximum Gasteiger partial charge on any atom is 0.236 e. The SMILES string of the molecule is CC(O)C1CCN(C(=O)C2(C(N)=NO)CC2)CC1. The first-order valence-corrected chi connectivity index (χ1v) is 6.46. The Hall–Kier alpha value is -1.30. The molecule has 0 bridgehead atoms. The molecule has 6 heteroatoms. The van der Waals surface area contributed by atoms with Crippen LogP contribution in [0.25, 0.3) is 0 Å². The molecule has 6 nitrogen and oxygen atoms in total. The van der Waals surface area contributed by atoms with E-state index in [-0.39, 0.29) is 23.8 Å². The van der Waals surface area contributed by atoms with Crippen LogP contribution in [-0.4, -0.2) is 46.1 Å². The van der Waals surface area contributed by atoms with Gasteiger partial charge in [-0.2, -0.15) is 0 Å². The summed E-state index contributed by atoms with van der Waals surface area (Å²) in [5, 5.41) is 21.2. The summed E-state index contributed by atoms with van der Waals surface area (Å²) in [5.74, 6) is 0.278. The van der Waals surface area contributed by atoms with Gasteiger partial charge in [-0.3, -0.25) is 4.79 Å². The minimum absolute atomic E-state index is 0.0261.